The van der Waals surface area contributed by atoms with Crippen molar-refractivity contribution >= 4 is 0 Å². The molecular weight excluding hydrogens is 190 g/mol. The summed E-state index contributed by atoms with van der Waals surface area (Å²) in [5.74, 6) is 0. The van der Waals surface area contributed by atoms with Crippen LogP contribution in [-0.2, 0) is 20.1 Å². The zero-order valence-electron chi connectivity index (χ0n) is 8.80. The third kappa shape index (κ3) is 2.66. The number of rotatable bonds is 5. The minimum absolute atomic E-state index is 0.845. The maximum atomic E-state index is 4.13. The Bertz CT molecular complexity index is 390. The fourth-order valence-corrected chi connectivity index (χ4v) is 1.42. The molecule has 2 heterocycles. The van der Waals surface area contributed by atoms with Gasteiger partial charge in [0.25, 0.3) is 0 Å². The van der Waals surface area contributed by atoms with Crippen LogP contribution in [0.25, 0.3) is 0 Å². The van der Waals surface area contributed by atoms with Crippen LogP contribution in [0.2, 0.25) is 0 Å². The van der Waals surface area contributed by atoms with Crippen molar-refractivity contribution in [2.24, 2.45) is 7.05 Å². The number of hydrogen-bond acceptors (Lipinski definition) is 3. The van der Waals surface area contributed by atoms with E-state index in [-0.39, 0.29) is 0 Å². The number of nitrogens with zero attached hydrogens (tertiary/aromatic N) is 4. The van der Waals surface area contributed by atoms with Gasteiger partial charge in [0, 0.05) is 38.7 Å². The second-order valence-electron chi connectivity index (χ2n) is 3.39. The van der Waals surface area contributed by atoms with Crippen molar-refractivity contribution < 1.29 is 0 Å². The van der Waals surface area contributed by atoms with E-state index in [0.29, 0.717) is 0 Å². The van der Waals surface area contributed by atoms with Crippen molar-refractivity contribution in [2.75, 3.05) is 6.54 Å². The molecule has 0 atom stereocenters. The predicted molar refractivity (Wildman–Crippen MR) is 57.1 cm³/mol. The molecule has 0 saturated heterocycles. The molecule has 0 aliphatic rings. The number of aryl methyl sites for hydroxylation is 1. The van der Waals surface area contributed by atoms with Crippen LogP contribution in [0.3, 0.4) is 0 Å². The zero-order valence-corrected chi connectivity index (χ0v) is 8.80. The van der Waals surface area contributed by atoms with Gasteiger partial charge < -0.3 is 5.32 Å². The molecule has 2 aromatic rings. The maximum absolute atomic E-state index is 4.13. The summed E-state index contributed by atoms with van der Waals surface area (Å²) in [5.41, 5.74) is 1.19. The minimum atomic E-state index is 0.845. The highest BCUT2D eigenvalue weighted by Gasteiger charge is 1.96. The fourth-order valence-electron chi connectivity index (χ4n) is 1.42. The van der Waals surface area contributed by atoms with Gasteiger partial charge in [-0.3, -0.25) is 9.36 Å². The first-order valence-electron chi connectivity index (χ1n) is 5.01. The second kappa shape index (κ2) is 4.75. The predicted octanol–water partition coefficient (Wildman–Crippen LogP) is 0.406. The lowest BCUT2D eigenvalue weighted by atomic mass is 10.4. The standard InChI is InChI=1S/C10H15N5/c1-14-10(3-5-12-14)9-11-6-8-15-7-2-4-13-15/h2-5,7,11H,6,8-9H2,1H3. The molecule has 80 valence electrons. The van der Waals surface area contributed by atoms with E-state index in [4.69, 9.17) is 0 Å². The summed E-state index contributed by atoms with van der Waals surface area (Å²) < 4.78 is 3.79. The Labute approximate surface area is 88.7 Å². The lowest BCUT2D eigenvalue weighted by Gasteiger charge is -2.05. The van der Waals surface area contributed by atoms with Crippen LogP contribution >= 0.6 is 0 Å². The Kier molecular flexibility index (Phi) is 3.14. The van der Waals surface area contributed by atoms with E-state index in [1.54, 1.807) is 6.20 Å². The molecule has 0 spiro atoms. The summed E-state index contributed by atoms with van der Waals surface area (Å²) in [4.78, 5) is 0. The molecule has 0 fully saturated rings. The molecule has 0 unspecified atom stereocenters. The smallest absolute Gasteiger partial charge is 0.0534 e. The Morgan fingerprint density at radius 3 is 2.93 bits per heavy atom. The molecule has 0 aromatic carbocycles. The van der Waals surface area contributed by atoms with Crippen LogP contribution in [0.5, 0.6) is 0 Å². The van der Waals surface area contributed by atoms with E-state index in [1.165, 1.54) is 5.69 Å². The topological polar surface area (TPSA) is 47.7 Å². The summed E-state index contributed by atoms with van der Waals surface area (Å²) in [6.45, 7) is 2.65. The summed E-state index contributed by atoms with van der Waals surface area (Å²) in [6.07, 6.45) is 5.57. The Balaban J connectivity index is 1.70. The molecule has 2 aromatic heterocycles. The first-order valence-corrected chi connectivity index (χ1v) is 5.01. The average Bonchev–Trinajstić information content (AvgIpc) is 2.85. The molecule has 2 rings (SSSR count). The van der Waals surface area contributed by atoms with Gasteiger partial charge in [-0.25, -0.2) is 0 Å². The van der Waals surface area contributed by atoms with Crippen molar-refractivity contribution in [1.82, 2.24) is 24.9 Å². The monoisotopic (exact) mass is 205 g/mol. The van der Waals surface area contributed by atoms with E-state index in [2.05, 4.69) is 15.5 Å². The van der Waals surface area contributed by atoms with Crippen LogP contribution in [0, 0.1) is 0 Å². The Morgan fingerprint density at radius 2 is 2.27 bits per heavy atom. The highest BCUT2D eigenvalue weighted by atomic mass is 15.3. The Hall–Kier alpha value is -1.62. The number of hydrogen-bond donors (Lipinski definition) is 1. The van der Waals surface area contributed by atoms with Crippen LogP contribution in [0.1, 0.15) is 5.69 Å². The fraction of sp³-hybridized carbons (Fsp3) is 0.400. The second-order valence-corrected chi connectivity index (χ2v) is 3.39. The van der Waals surface area contributed by atoms with E-state index in [0.717, 1.165) is 19.6 Å². The van der Waals surface area contributed by atoms with Crippen molar-refractivity contribution in [1.29, 1.82) is 0 Å². The maximum Gasteiger partial charge on any atom is 0.0534 e. The van der Waals surface area contributed by atoms with E-state index >= 15 is 0 Å². The molecular formula is C10H15N5. The number of aromatic nitrogens is 4. The van der Waals surface area contributed by atoms with E-state index in [9.17, 15) is 0 Å². The van der Waals surface area contributed by atoms with Crippen molar-refractivity contribution in [3.63, 3.8) is 0 Å². The first kappa shape index (κ1) is 9.92. The van der Waals surface area contributed by atoms with Crippen molar-refractivity contribution in [3.8, 4) is 0 Å². The van der Waals surface area contributed by atoms with Gasteiger partial charge in [0.1, 0.15) is 0 Å². The van der Waals surface area contributed by atoms with Gasteiger partial charge in [0.15, 0.2) is 0 Å². The third-order valence-corrected chi connectivity index (χ3v) is 2.31. The molecule has 0 radical (unpaired) electrons. The van der Waals surface area contributed by atoms with Gasteiger partial charge in [0.05, 0.1) is 12.2 Å². The zero-order chi connectivity index (χ0) is 10.5. The summed E-state index contributed by atoms with van der Waals surface area (Å²) in [5, 5.41) is 11.6. The number of nitrogens with one attached hydrogen (secondary N) is 1. The molecule has 0 saturated carbocycles. The molecule has 0 amide bonds. The molecule has 0 bridgehead atoms. The molecule has 15 heavy (non-hydrogen) atoms. The van der Waals surface area contributed by atoms with Gasteiger partial charge in [0.2, 0.25) is 0 Å². The lowest BCUT2D eigenvalue weighted by Crippen LogP contribution is -2.21. The molecule has 1 N–H and O–H groups in total. The average molecular weight is 205 g/mol. The van der Waals surface area contributed by atoms with Crippen molar-refractivity contribution in [2.45, 2.75) is 13.1 Å². The molecule has 5 nitrogen and oxygen atoms in total. The third-order valence-electron chi connectivity index (χ3n) is 2.31. The summed E-state index contributed by atoms with van der Waals surface area (Å²) >= 11 is 0. The van der Waals surface area contributed by atoms with E-state index in [1.807, 2.05) is 40.9 Å². The normalized spacial score (nSPS) is 10.7. The molecule has 0 aliphatic heterocycles. The first-order chi connectivity index (χ1) is 7.36. The van der Waals surface area contributed by atoms with Gasteiger partial charge in [-0.05, 0) is 12.1 Å². The van der Waals surface area contributed by atoms with Crippen LogP contribution in [0.4, 0.5) is 0 Å². The largest absolute Gasteiger partial charge is 0.309 e. The van der Waals surface area contributed by atoms with Gasteiger partial charge in [-0.1, -0.05) is 0 Å². The van der Waals surface area contributed by atoms with Crippen LogP contribution < -0.4 is 5.32 Å². The highest BCUT2D eigenvalue weighted by molar-refractivity contribution is 4.98. The van der Waals surface area contributed by atoms with Crippen LogP contribution in [-0.4, -0.2) is 26.1 Å². The van der Waals surface area contributed by atoms with Gasteiger partial charge >= 0.3 is 0 Å². The quantitative estimate of drug-likeness (QED) is 0.719. The van der Waals surface area contributed by atoms with Crippen molar-refractivity contribution in [3.05, 3.63) is 36.4 Å². The molecule has 0 aliphatic carbocycles. The van der Waals surface area contributed by atoms with Crippen LogP contribution in [0.15, 0.2) is 30.7 Å². The highest BCUT2D eigenvalue weighted by Crippen LogP contribution is 1.94. The molecule has 5 heteroatoms. The van der Waals surface area contributed by atoms with E-state index < -0.39 is 0 Å². The Morgan fingerprint density at radius 1 is 1.33 bits per heavy atom. The van der Waals surface area contributed by atoms with Gasteiger partial charge in [-0.2, -0.15) is 10.2 Å². The van der Waals surface area contributed by atoms with Gasteiger partial charge in [-0.15, -0.1) is 0 Å². The lowest BCUT2D eigenvalue weighted by molar-refractivity contribution is 0.542. The summed E-state index contributed by atoms with van der Waals surface area (Å²) in [7, 11) is 1.95. The minimum Gasteiger partial charge on any atom is -0.309 e. The SMILES string of the molecule is Cn1nccc1CNCCn1cccn1. The summed E-state index contributed by atoms with van der Waals surface area (Å²) in [6, 6.07) is 3.95.